The van der Waals surface area contributed by atoms with Gasteiger partial charge in [0, 0.05) is 0 Å². The molecule has 0 bridgehead atoms. The van der Waals surface area contributed by atoms with Crippen LogP contribution in [0.15, 0.2) is 0 Å². The number of carboxylic acids is 1. The predicted molar refractivity (Wildman–Crippen MR) is 51.5 cm³/mol. The fourth-order valence-electron chi connectivity index (χ4n) is 0.738. The van der Waals surface area contributed by atoms with E-state index in [9.17, 15) is 9.59 Å². The Morgan fingerprint density at radius 3 is 2.58 bits per heavy atom. The monoisotopic (exact) mass is 189 g/mol. The number of hydrogen-bond acceptors (Lipinski definition) is 3. The molecule has 0 aromatic carbocycles. The molecular formula is C6H12BNO3S. The van der Waals surface area contributed by atoms with Crippen molar-refractivity contribution in [3.63, 3.8) is 0 Å². The van der Waals surface area contributed by atoms with Gasteiger partial charge in [0.25, 0.3) is 0 Å². The van der Waals surface area contributed by atoms with Gasteiger partial charge in [-0.3, -0.25) is 4.79 Å². The van der Waals surface area contributed by atoms with Crippen LogP contribution in [0, 0.1) is 0 Å². The van der Waals surface area contributed by atoms with Gasteiger partial charge in [-0.15, -0.1) is 0 Å². The summed E-state index contributed by atoms with van der Waals surface area (Å²) >= 11 is 1.56. The molecule has 1 atom stereocenters. The molecule has 68 valence electrons. The molecule has 0 aliphatic carbocycles. The summed E-state index contributed by atoms with van der Waals surface area (Å²) in [6.45, 7) is 0. The molecule has 0 aromatic rings. The molecule has 0 fully saturated rings. The lowest BCUT2D eigenvalue weighted by atomic mass is 10.1. The molecule has 4 nitrogen and oxygen atoms in total. The molecule has 1 amide bonds. The van der Waals surface area contributed by atoms with E-state index >= 15 is 0 Å². The molecule has 0 saturated heterocycles. The third-order valence-electron chi connectivity index (χ3n) is 1.29. The van der Waals surface area contributed by atoms with Crippen molar-refractivity contribution in [2.45, 2.75) is 12.5 Å². The SMILES string of the molecule is BC(=O)NC(CCSC)C(=O)O. The van der Waals surface area contributed by atoms with Gasteiger partial charge in [0.1, 0.15) is 6.04 Å². The quantitative estimate of drug-likeness (QED) is 0.574. The fourth-order valence-corrected chi connectivity index (χ4v) is 1.21. The summed E-state index contributed by atoms with van der Waals surface area (Å²) in [5.74, 6) is -0.542. The third-order valence-corrected chi connectivity index (χ3v) is 1.93. The number of aliphatic carboxylic acids is 1. The van der Waals surface area contributed by atoms with Gasteiger partial charge in [-0.1, -0.05) is 0 Å². The summed E-state index contributed by atoms with van der Waals surface area (Å²) in [6.07, 6.45) is 2.36. The molecule has 6 heteroatoms. The Balaban J connectivity index is 3.87. The van der Waals surface area contributed by atoms with Gasteiger partial charge in [0.05, 0.1) is 0 Å². The second-order valence-corrected chi connectivity index (χ2v) is 3.36. The van der Waals surface area contributed by atoms with Crippen LogP contribution in [0.2, 0.25) is 0 Å². The van der Waals surface area contributed by atoms with Crippen molar-refractivity contribution in [1.82, 2.24) is 5.32 Å². The Kier molecular flexibility index (Phi) is 5.62. The Morgan fingerprint density at radius 2 is 2.25 bits per heavy atom. The van der Waals surface area contributed by atoms with Crippen molar-refractivity contribution in [3.8, 4) is 0 Å². The average Bonchev–Trinajstić information content (AvgIpc) is 1.96. The van der Waals surface area contributed by atoms with Gasteiger partial charge < -0.3 is 10.4 Å². The van der Waals surface area contributed by atoms with Gasteiger partial charge in [-0.25, -0.2) is 4.79 Å². The van der Waals surface area contributed by atoms with E-state index in [-0.39, 0.29) is 5.81 Å². The second kappa shape index (κ2) is 5.94. The third kappa shape index (κ3) is 5.06. The highest BCUT2D eigenvalue weighted by Gasteiger charge is 2.16. The Bertz CT molecular complexity index is 176. The number of hydrogen-bond donors (Lipinski definition) is 2. The summed E-state index contributed by atoms with van der Waals surface area (Å²) in [6, 6.07) is -0.741. The van der Waals surface area contributed by atoms with Crippen LogP contribution in [0.25, 0.3) is 0 Å². The summed E-state index contributed by atoms with van der Waals surface area (Å²) in [4.78, 5) is 21.1. The number of amides is 1. The Hall–Kier alpha value is -0.645. The average molecular weight is 189 g/mol. The van der Waals surface area contributed by atoms with Gasteiger partial charge >= 0.3 is 5.97 Å². The smallest absolute Gasteiger partial charge is 0.326 e. The standard InChI is InChI=1S/C6H12BNO3S/c1-12-3-2-4(5(9)10)8-6(7)11/h4H,2-3,7H2,1H3,(H,8,11)(H,9,10). The van der Waals surface area contributed by atoms with E-state index in [4.69, 9.17) is 5.11 Å². The van der Waals surface area contributed by atoms with Crippen LogP contribution >= 0.6 is 11.8 Å². The highest BCUT2D eigenvalue weighted by molar-refractivity contribution is 7.98. The van der Waals surface area contributed by atoms with Crippen LogP contribution < -0.4 is 5.32 Å². The summed E-state index contributed by atoms with van der Waals surface area (Å²) in [7, 11) is 1.31. The first kappa shape index (κ1) is 11.4. The lowest BCUT2D eigenvalue weighted by Crippen LogP contribution is -2.40. The molecule has 0 heterocycles. The molecule has 0 aliphatic heterocycles. The first-order valence-corrected chi connectivity index (χ1v) is 4.96. The number of carbonyl (C=O) groups is 2. The zero-order valence-electron chi connectivity index (χ0n) is 7.16. The van der Waals surface area contributed by atoms with Gasteiger partial charge in [-0.05, 0) is 18.4 Å². The van der Waals surface area contributed by atoms with E-state index in [1.807, 2.05) is 6.26 Å². The van der Waals surface area contributed by atoms with Crippen LogP contribution in [0.1, 0.15) is 6.42 Å². The molecule has 1 unspecified atom stereocenters. The predicted octanol–water partition coefficient (Wildman–Crippen LogP) is -0.465. The van der Waals surface area contributed by atoms with E-state index in [0.717, 1.165) is 5.75 Å². The van der Waals surface area contributed by atoms with Crippen LogP contribution in [0.3, 0.4) is 0 Å². The van der Waals surface area contributed by atoms with Crippen LogP contribution in [-0.4, -0.2) is 42.8 Å². The molecule has 0 spiro atoms. The minimum atomic E-state index is -0.973. The molecule has 2 N–H and O–H groups in total. The number of nitrogens with one attached hydrogen (secondary N) is 1. The normalized spacial score (nSPS) is 12.1. The van der Waals surface area contributed by atoms with E-state index in [1.54, 1.807) is 11.8 Å². The number of carbonyl (C=O) groups excluding carboxylic acids is 1. The maximum atomic E-state index is 10.5. The van der Waals surface area contributed by atoms with Crippen molar-refractivity contribution < 1.29 is 14.7 Å². The zero-order chi connectivity index (χ0) is 9.56. The fraction of sp³-hybridized carbons (Fsp3) is 0.667. The summed E-state index contributed by atoms with van der Waals surface area (Å²) < 4.78 is 0. The van der Waals surface area contributed by atoms with E-state index in [2.05, 4.69) is 5.32 Å². The lowest BCUT2D eigenvalue weighted by Gasteiger charge is -2.11. The number of rotatable bonds is 5. The maximum absolute atomic E-state index is 10.5. The molecule has 12 heavy (non-hydrogen) atoms. The minimum Gasteiger partial charge on any atom is -0.480 e. The van der Waals surface area contributed by atoms with Crippen LogP contribution in [-0.2, 0) is 4.79 Å². The topological polar surface area (TPSA) is 66.4 Å². The number of carboxylic acid groups (broad SMARTS) is 1. The van der Waals surface area contributed by atoms with Crippen LogP contribution in [0.5, 0.6) is 0 Å². The van der Waals surface area contributed by atoms with Crippen molar-refractivity contribution in [2.24, 2.45) is 0 Å². The zero-order valence-corrected chi connectivity index (χ0v) is 7.98. The van der Waals surface area contributed by atoms with Crippen LogP contribution in [0.4, 0.5) is 4.79 Å². The minimum absolute atomic E-state index is 0.302. The first-order valence-electron chi connectivity index (χ1n) is 3.56. The lowest BCUT2D eigenvalue weighted by molar-refractivity contribution is -0.139. The van der Waals surface area contributed by atoms with E-state index in [1.165, 1.54) is 7.85 Å². The highest BCUT2D eigenvalue weighted by Crippen LogP contribution is 2.00. The Labute approximate surface area is 76.5 Å². The van der Waals surface area contributed by atoms with Gasteiger partial charge in [-0.2, -0.15) is 11.8 Å². The van der Waals surface area contributed by atoms with Gasteiger partial charge in [0.15, 0.2) is 5.81 Å². The molecule has 0 rings (SSSR count). The van der Waals surface area contributed by atoms with Gasteiger partial charge in [0.2, 0.25) is 7.85 Å². The molecule has 0 radical (unpaired) electrons. The molecule has 0 saturated carbocycles. The molecule has 0 aromatic heterocycles. The largest absolute Gasteiger partial charge is 0.480 e. The summed E-state index contributed by atoms with van der Waals surface area (Å²) in [5, 5.41) is 11.0. The second-order valence-electron chi connectivity index (χ2n) is 2.37. The Morgan fingerprint density at radius 1 is 1.67 bits per heavy atom. The van der Waals surface area contributed by atoms with Crippen molar-refractivity contribution in [3.05, 3.63) is 0 Å². The molecule has 0 aliphatic rings. The van der Waals surface area contributed by atoms with E-state index < -0.39 is 12.0 Å². The highest BCUT2D eigenvalue weighted by atomic mass is 32.2. The first-order chi connectivity index (χ1) is 5.57. The van der Waals surface area contributed by atoms with Crippen molar-refractivity contribution in [1.29, 1.82) is 0 Å². The van der Waals surface area contributed by atoms with Crippen molar-refractivity contribution in [2.75, 3.05) is 12.0 Å². The number of thioether (sulfide) groups is 1. The molecular weight excluding hydrogens is 177 g/mol. The maximum Gasteiger partial charge on any atom is 0.326 e. The summed E-state index contributed by atoms with van der Waals surface area (Å²) in [5.41, 5.74) is 0. The van der Waals surface area contributed by atoms with E-state index in [0.29, 0.717) is 6.42 Å². The van der Waals surface area contributed by atoms with Crippen molar-refractivity contribution >= 4 is 31.4 Å².